The molecule has 3 aromatic carbocycles. The van der Waals surface area contributed by atoms with Gasteiger partial charge in [0.15, 0.2) is 10.7 Å². The lowest BCUT2D eigenvalue weighted by Crippen LogP contribution is -2.64. The van der Waals surface area contributed by atoms with Crippen molar-refractivity contribution in [3.8, 4) is 28.3 Å². The van der Waals surface area contributed by atoms with Crippen molar-refractivity contribution in [2.24, 2.45) is 0 Å². The third-order valence-corrected chi connectivity index (χ3v) is 9.33. The maximum Gasteiger partial charge on any atom is 0.446 e. The summed E-state index contributed by atoms with van der Waals surface area (Å²) in [6.45, 7) is 0.572. The van der Waals surface area contributed by atoms with Crippen LogP contribution in [-0.2, 0) is 14.3 Å². The van der Waals surface area contributed by atoms with Gasteiger partial charge in [0.2, 0.25) is 11.7 Å². The van der Waals surface area contributed by atoms with Crippen LogP contribution in [0.1, 0.15) is 35.5 Å². The van der Waals surface area contributed by atoms with E-state index in [9.17, 15) is 27.6 Å². The minimum absolute atomic E-state index is 0.0343. The molecule has 2 amide bonds. The quantitative estimate of drug-likeness (QED) is 0.134. The second-order valence-corrected chi connectivity index (χ2v) is 12.7. The minimum atomic E-state index is -3.13. The molecule has 2 N–H and O–H groups in total. The number of halogens is 3. The molecule has 13 nitrogen and oxygen atoms in total. The van der Waals surface area contributed by atoms with Crippen LogP contribution in [0.2, 0.25) is 0 Å². The van der Waals surface area contributed by atoms with E-state index in [4.69, 9.17) is 18.6 Å². The van der Waals surface area contributed by atoms with Crippen molar-refractivity contribution < 1.29 is 41.4 Å². The van der Waals surface area contributed by atoms with Gasteiger partial charge >= 0.3 is 11.8 Å². The maximum absolute atomic E-state index is 13.9. The van der Waals surface area contributed by atoms with Gasteiger partial charge in [0.05, 0.1) is 36.4 Å². The zero-order chi connectivity index (χ0) is 34.8. The van der Waals surface area contributed by atoms with Crippen LogP contribution in [-0.4, -0.2) is 69.7 Å². The summed E-state index contributed by atoms with van der Waals surface area (Å²) in [6, 6.07) is 18.7. The van der Waals surface area contributed by atoms with Gasteiger partial charge < -0.3 is 20.1 Å². The maximum atomic E-state index is 13.9. The highest BCUT2D eigenvalue weighted by Crippen LogP contribution is 2.44. The van der Waals surface area contributed by atoms with E-state index in [0.29, 0.717) is 0 Å². The monoisotopic (exact) mass is 708 g/mol. The van der Waals surface area contributed by atoms with E-state index >= 15 is 0 Å². The number of nitrogens with zero attached hydrogens (tertiary/aromatic N) is 4. The smallest absolute Gasteiger partial charge is 0.446 e. The Balaban J connectivity index is 0.921. The Morgan fingerprint density at radius 2 is 1.74 bits per heavy atom. The van der Waals surface area contributed by atoms with Gasteiger partial charge in [0.25, 0.3) is 6.43 Å². The zero-order valence-electron chi connectivity index (χ0n) is 25.9. The number of rotatable bonds is 12. The van der Waals surface area contributed by atoms with Crippen molar-refractivity contribution in [3.63, 3.8) is 0 Å². The van der Waals surface area contributed by atoms with Crippen molar-refractivity contribution >= 4 is 23.8 Å². The first kappa shape index (κ1) is 33.1. The molecule has 50 heavy (non-hydrogen) atoms. The summed E-state index contributed by atoms with van der Waals surface area (Å²) in [5, 5.41) is 17.0. The molecule has 17 heteroatoms. The van der Waals surface area contributed by atoms with E-state index in [1.807, 2.05) is 48.5 Å². The van der Waals surface area contributed by atoms with Gasteiger partial charge in [-0.25, -0.2) is 32.0 Å². The summed E-state index contributed by atoms with van der Waals surface area (Å²) in [7, 11) is 0. The Bertz CT molecular complexity index is 2070. The molecule has 1 fully saturated rings. The molecular weight excluding hydrogens is 681 g/mol. The second kappa shape index (κ2) is 13.8. The van der Waals surface area contributed by atoms with E-state index in [0.717, 1.165) is 56.8 Å². The number of amides is 2. The largest absolute Gasteiger partial charge is 0.449 e. The number of nitrogens with one attached hydrogen (secondary N) is 2. The fourth-order valence-corrected chi connectivity index (χ4v) is 6.75. The first-order chi connectivity index (χ1) is 24.2. The molecule has 2 aliphatic rings. The van der Waals surface area contributed by atoms with Gasteiger partial charge in [-0.2, -0.15) is 0 Å². The number of hydrogen-bond donors (Lipinski definition) is 2. The van der Waals surface area contributed by atoms with E-state index < -0.39 is 35.2 Å². The molecule has 0 saturated carbocycles. The Morgan fingerprint density at radius 1 is 1.02 bits per heavy atom. The summed E-state index contributed by atoms with van der Waals surface area (Å²) in [5.74, 6) is -2.56. The Kier molecular flexibility index (Phi) is 9.16. The number of fused-ring (bicyclic) bond motifs is 3. The first-order valence-corrected chi connectivity index (χ1v) is 16.3. The van der Waals surface area contributed by atoms with Gasteiger partial charge in [-0.3, -0.25) is 9.32 Å². The van der Waals surface area contributed by atoms with Gasteiger partial charge in [0, 0.05) is 18.2 Å². The number of ether oxygens (including phenoxy) is 2. The summed E-state index contributed by atoms with van der Waals surface area (Å²) >= 11 is 1.10. The lowest BCUT2D eigenvalue weighted by molar-refractivity contribution is -0.130. The standard InChI is InChI=1S/C33H27F3N6O7S/c34-25-10-9-18(13-23(25)28(35)36)42-29(40-48-32(42)45)27-30(41-49-39-27)50-12-11-37-26(43)14-33(16-46-17-33)38-31(44)47-15-24-21-7-3-1-5-19(21)20-6-2-4-8-22(20)24/h1-10,13,24,28H,11-12,14-17H2,(H,37,43)(H,38,44). The van der Waals surface area contributed by atoms with Crippen molar-refractivity contribution in [3.05, 3.63) is 99.8 Å². The molecule has 2 aromatic heterocycles. The number of thioether (sulfide) groups is 1. The SMILES string of the molecule is O=C(CC1(NC(=O)OCC2c3ccccc3-c3ccccc32)COC1)NCCSc1nonc1-c1noc(=O)n1-c1ccc(F)c(C(F)F)c1. The van der Waals surface area contributed by atoms with E-state index in [-0.39, 0.29) is 72.6 Å². The molecule has 7 rings (SSSR count). The van der Waals surface area contributed by atoms with E-state index in [1.54, 1.807) is 0 Å². The molecular formula is C33H27F3N6O7S. The lowest BCUT2D eigenvalue weighted by Gasteiger charge is -2.41. The molecule has 0 radical (unpaired) electrons. The Hall–Kier alpha value is -5.42. The Labute approximate surface area is 285 Å². The van der Waals surface area contributed by atoms with Gasteiger partial charge in [-0.05, 0) is 50.8 Å². The van der Waals surface area contributed by atoms with Crippen LogP contribution in [0.25, 0.3) is 28.3 Å². The highest BCUT2D eigenvalue weighted by atomic mass is 32.2. The Morgan fingerprint density at radius 3 is 2.42 bits per heavy atom. The summed E-state index contributed by atoms with van der Waals surface area (Å²) in [6.07, 6.45) is -3.83. The van der Waals surface area contributed by atoms with E-state index in [2.05, 4.69) is 26.1 Å². The normalized spacial score (nSPS) is 14.6. The molecule has 258 valence electrons. The fourth-order valence-electron chi connectivity index (χ4n) is 6.00. The van der Waals surface area contributed by atoms with Crippen LogP contribution in [0.5, 0.6) is 0 Å². The number of carbonyl (C=O) groups excluding carboxylic acids is 2. The average molecular weight is 709 g/mol. The average Bonchev–Trinajstić information content (AvgIpc) is 3.80. The number of alkyl halides is 2. The van der Waals surface area contributed by atoms with Gasteiger partial charge in [0.1, 0.15) is 12.4 Å². The molecule has 1 saturated heterocycles. The topological polar surface area (TPSA) is 164 Å². The molecule has 5 aromatic rings. The molecule has 0 bridgehead atoms. The van der Waals surface area contributed by atoms with Gasteiger partial charge in [-0.1, -0.05) is 65.4 Å². The van der Waals surface area contributed by atoms with Crippen LogP contribution in [0.4, 0.5) is 18.0 Å². The lowest BCUT2D eigenvalue weighted by atomic mass is 9.93. The van der Waals surface area contributed by atoms with Crippen molar-refractivity contribution in [1.29, 1.82) is 0 Å². The highest BCUT2D eigenvalue weighted by molar-refractivity contribution is 7.99. The predicted molar refractivity (Wildman–Crippen MR) is 170 cm³/mol. The molecule has 1 aliphatic heterocycles. The molecule has 3 heterocycles. The van der Waals surface area contributed by atoms with E-state index in [1.165, 1.54) is 0 Å². The van der Waals surface area contributed by atoms with Crippen molar-refractivity contribution in [1.82, 2.24) is 30.7 Å². The molecule has 0 atom stereocenters. The molecule has 1 aliphatic carbocycles. The second-order valence-electron chi connectivity index (χ2n) is 11.6. The third kappa shape index (κ3) is 6.48. The number of alkyl carbamates (subject to hydrolysis) is 1. The first-order valence-electron chi connectivity index (χ1n) is 15.3. The van der Waals surface area contributed by atoms with Crippen LogP contribution in [0.3, 0.4) is 0 Å². The number of hydrogen-bond acceptors (Lipinski definition) is 11. The van der Waals surface area contributed by atoms with Crippen LogP contribution in [0.15, 0.2) is 85.7 Å². The summed E-state index contributed by atoms with van der Waals surface area (Å²) < 4.78 is 61.8. The minimum Gasteiger partial charge on any atom is -0.449 e. The number of carbonyl (C=O) groups is 2. The summed E-state index contributed by atoms with van der Waals surface area (Å²) in [5.41, 5.74) is 2.39. The molecule has 0 unspecified atom stereocenters. The summed E-state index contributed by atoms with van der Waals surface area (Å²) in [4.78, 5) is 38.2. The van der Waals surface area contributed by atoms with Crippen LogP contribution < -0.4 is 16.4 Å². The number of aromatic nitrogens is 4. The van der Waals surface area contributed by atoms with Crippen LogP contribution >= 0.6 is 11.8 Å². The zero-order valence-corrected chi connectivity index (χ0v) is 26.8. The molecule has 0 spiro atoms. The van der Waals surface area contributed by atoms with Crippen molar-refractivity contribution in [2.75, 3.05) is 32.1 Å². The predicted octanol–water partition coefficient (Wildman–Crippen LogP) is 4.86. The fraction of sp³-hybridized carbons (Fsp3) is 0.273. The third-order valence-electron chi connectivity index (χ3n) is 8.38. The number of benzene rings is 3. The van der Waals surface area contributed by atoms with Crippen molar-refractivity contribution in [2.45, 2.75) is 29.3 Å². The highest BCUT2D eigenvalue weighted by Gasteiger charge is 2.43. The van der Waals surface area contributed by atoms with Gasteiger partial charge in [-0.15, -0.1) is 0 Å². The van der Waals surface area contributed by atoms with Crippen LogP contribution in [0, 0.1) is 5.82 Å².